The Balaban J connectivity index is 1.94. The molecule has 116 valence electrons. The van der Waals surface area contributed by atoms with Crippen molar-refractivity contribution >= 4 is 17.5 Å². The van der Waals surface area contributed by atoms with E-state index in [1.165, 1.54) is 0 Å². The number of alkyl halides is 1. The number of carbonyl (C=O) groups excluding carboxylic acids is 1. The van der Waals surface area contributed by atoms with Crippen LogP contribution in [0.15, 0.2) is 30.3 Å². The SMILES string of the molecule is CC(C)N1CCC(N(C)C(=O)C(Cl)c2ccccc2)CC1. The van der Waals surface area contributed by atoms with E-state index in [1.54, 1.807) is 0 Å². The number of likely N-dealkylation sites (N-methyl/N-ethyl adjacent to an activating group) is 1. The summed E-state index contributed by atoms with van der Waals surface area (Å²) < 4.78 is 0. The van der Waals surface area contributed by atoms with E-state index in [-0.39, 0.29) is 5.91 Å². The molecule has 1 unspecified atom stereocenters. The molecule has 1 aliphatic heterocycles. The first kappa shape index (κ1) is 16.3. The van der Waals surface area contributed by atoms with Crippen LogP contribution in [-0.2, 0) is 4.79 Å². The molecule has 1 aliphatic rings. The molecular formula is C17H25ClN2O. The lowest BCUT2D eigenvalue weighted by molar-refractivity contribution is -0.132. The van der Waals surface area contributed by atoms with Crippen LogP contribution >= 0.6 is 11.6 Å². The first-order chi connectivity index (χ1) is 10.0. The van der Waals surface area contributed by atoms with E-state index in [4.69, 9.17) is 11.6 Å². The molecule has 0 spiro atoms. The lowest BCUT2D eigenvalue weighted by Crippen LogP contribution is -2.48. The predicted octanol–water partition coefficient (Wildman–Crippen LogP) is 3.30. The molecule has 0 radical (unpaired) electrons. The van der Waals surface area contributed by atoms with Gasteiger partial charge in [-0.1, -0.05) is 30.3 Å². The van der Waals surface area contributed by atoms with Gasteiger partial charge in [-0.25, -0.2) is 0 Å². The molecule has 21 heavy (non-hydrogen) atoms. The lowest BCUT2D eigenvalue weighted by Gasteiger charge is -2.39. The fourth-order valence-corrected chi connectivity index (χ4v) is 3.21. The van der Waals surface area contributed by atoms with Gasteiger partial charge < -0.3 is 9.80 Å². The third kappa shape index (κ3) is 3.98. The molecule has 1 fully saturated rings. The van der Waals surface area contributed by atoms with Crippen LogP contribution in [0.3, 0.4) is 0 Å². The van der Waals surface area contributed by atoms with E-state index in [0.717, 1.165) is 31.5 Å². The number of hydrogen-bond acceptors (Lipinski definition) is 2. The topological polar surface area (TPSA) is 23.6 Å². The van der Waals surface area contributed by atoms with Gasteiger partial charge in [-0.05, 0) is 32.3 Å². The van der Waals surface area contributed by atoms with Crippen molar-refractivity contribution in [2.24, 2.45) is 0 Å². The summed E-state index contributed by atoms with van der Waals surface area (Å²) in [6.45, 7) is 6.55. The molecule has 1 aromatic carbocycles. The highest BCUT2D eigenvalue weighted by Gasteiger charge is 2.29. The highest BCUT2D eigenvalue weighted by molar-refractivity contribution is 6.30. The third-order valence-electron chi connectivity index (χ3n) is 4.43. The minimum absolute atomic E-state index is 0.00543. The Labute approximate surface area is 132 Å². The highest BCUT2D eigenvalue weighted by atomic mass is 35.5. The Morgan fingerprint density at radius 2 is 1.81 bits per heavy atom. The van der Waals surface area contributed by atoms with Gasteiger partial charge in [0.2, 0.25) is 5.91 Å². The normalized spacial score (nSPS) is 18.7. The molecule has 0 aromatic heterocycles. The zero-order valence-electron chi connectivity index (χ0n) is 13.1. The minimum Gasteiger partial charge on any atom is -0.341 e. The molecule has 0 bridgehead atoms. The fraction of sp³-hybridized carbons (Fsp3) is 0.588. The summed E-state index contributed by atoms with van der Waals surface area (Å²) in [6, 6.07) is 10.5. The van der Waals surface area contributed by atoms with E-state index >= 15 is 0 Å². The molecule has 1 aromatic rings. The average molecular weight is 309 g/mol. The van der Waals surface area contributed by atoms with Crippen molar-refractivity contribution in [1.82, 2.24) is 9.80 Å². The number of piperidine rings is 1. The smallest absolute Gasteiger partial charge is 0.245 e. The van der Waals surface area contributed by atoms with Gasteiger partial charge in [-0.15, -0.1) is 11.6 Å². The van der Waals surface area contributed by atoms with E-state index in [2.05, 4.69) is 18.7 Å². The monoisotopic (exact) mass is 308 g/mol. The number of hydrogen-bond donors (Lipinski definition) is 0. The molecule has 0 aliphatic carbocycles. The van der Waals surface area contributed by atoms with Crippen LogP contribution in [0.2, 0.25) is 0 Å². The summed E-state index contributed by atoms with van der Waals surface area (Å²) in [5, 5.41) is -0.584. The molecule has 1 amide bonds. The standard InChI is InChI=1S/C17H25ClN2O/c1-13(2)20-11-9-15(10-12-20)19(3)17(21)16(18)14-7-5-4-6-8-14/h4-8,13,15-16H,9-12H2,1-3H3. The highest BCUT2D eigenvalue weighted by Crippen LogP contribution is 2.25. The van der Waals surface area contributed by atoms with Gasteiger partial charge in [0.25, 0.3) is 0 Å². The number of nitrogens with zero attached hydrogens (tertiary/aromatic N) is 2. The molecule has 4 heteroatoms. The van der Waals surface area contributed by atoms with Gasteiger partial charge in [0.1, 0.15) is 5.38 Å². The Bertz CT molecular complexity index is 455. The zero-order chi connectivity index (χ0) is 15.4. The number of carbonyl (C=O) groups is 1. The number of rotatable bonds is 4. The summed E-state index contributed by atoms with van der Waals surface area (Å²) in [5.74, 6) is 0.00543. The van der Waals surface area contributed by atoms with Crippen LogP contribution in [0, 0.1) is 0 Å². The second kappa shape index (κ2) is 7.28. The van der Waals surface area contributed by atoms with Crippen LogP contribution in [-0.4, -0.2) is 47.9 Å². The Kier molecular flexibility index (Phi) is 5.65. The maximum atomic E-state index is 12.5. The molecule has 1 heterocycles. The van der Waals surface area contributed by atoms with Crippen molar-refractivity contribution in [3.05, 3.63) is 35.9 Å². The van der Waals surface area contributed by atoms with Crippen LogP contribution < -0.4 is 0 Å². The zero-order valence-corrected chi connectivity index (χ0v) is 13.9. The third-order valence-corrected chi connectivity index (χ3v) is 4.87. The Hall–Kier alpha value is -1.06. The maximum Gasteiger partial charge on any atom is 0.245 e. The van der Waals surface area contributed by atoms with E-state index < -0.39 is 5.38 Å². The van der Waals surface area contributed by atoms with Crippen LogP contribution in [0.5, 0.6) is 0 Å². The first-order valence-electron chi connectivity index (χ1n) is 7.70. The van der Waals surface area contributed by atoms with Crippen molar-refractivity contribution < 1.29 is 4.79 Å². The molecular weight excluding hydrogens is 284 g/mol. The minimum atomic E-state index is -0.584. The quantitative estimate of drug-likeness (QED) is 0.797. The second-order valence-electron chi connectivity index (χ2n) is 6.08. The van der Waals surface area contributed by atoms with E-state index in [9.17, 15) is 4.79 Å². The lowest BCUT2D eigenvalue weighted by atomic mass is 10.0. The van der Waals surface area contributed by atoms with E-state index in [0.29, 0.717) is 12.1 Å². The van der Waals surface area contributed by atoms with Crippen LogP contribution in [0.1, 0.15) is 37.6 Å². The Morgan fingerprint density at radius 1 is 1.24 bits per heavy atom. The van der Waals surface area contributed by atoms with Crippen molar-refractivity contribution in [3.63, 3.8) is 0 Å². The summed E-state index contributed by atoms with van der Waals surface area (Å²) in [5.41, 5.74) is 0.871. The predicted molar refractivity (Wildman–Crippen MR) is 87.5 cm³/mol. The van der Waals surface area contributed by atoms with Crippen LogP contribution in [0.4, 0.5) is 0 Å². The van der Waals surface area contributed by atoms with Crippen molar-refractivity contribution in [1.29, 1.82) is 0 Å². The number of halogens is 1. The molecule has 2 rings (SSSR count). The van der Waals surface area contributed by atoms with Crippen LogP contribution in [0.25, 0.3) is 0 Å². The first-order valence-corrected chi connectivity index (χ1v) is 8.14. The van der Waals surface area contributed by atoms with Gasteiger partial charge in [-0.2, -0.15) is 0 Å². The maximum absolute atomic E-state index is 12.5. The summed E-state index contributed by atoms with van der Waals surface area (Å²) in [6.07, 6.45) is 2.05. The number of likely N-dealkylation sites (tertiary alicyclic amines) is 1. The molecule has 0 N–H and O–H groups in total. The van der Waals surface area contributed by atoms with Crippen molar-refractivity contribution in [2.45, 2.75) is 44.1 Å². The second-order valence-corrected chi connectivity index (χ2v) is 6.52. The van der Waals surface area contributed by atoms with Crippen molar-refractivity contribution in [3.8, 4) is 0 Å². The van der Waals surface area contributed by atoms with Gasteiger partial charge in [0.05, 0.1) is 0 Å². The summed E-state index contributed by atoms with van der Waals surface area (Å²) in [7, 11) is 1.89. The molecule has 0 saturated carbocycles. The van der Waals surface area contributed by atoms with Crippen molar-refractivity contribution in [2.75, 3.05) is 20.1 Å². The number of benzene rings is 1. The fourth-order valence-electron chi connectivity index (χ4n) is 2.91. The summed E-state index contributed by atoms with van der Waals surface area (Å²) >= 11 is 6.35. The Morgan fingerprint density at radius 3 is 2.33 bits per heavy atom. The number of amides is 1. The van der Waals surface area contributed by atoms with Gasteiger partial charge >= 0.3 is 0 Å². The molecule has 1 atom stereocenters. The average Bonchev–Trinajstić information content (AvgIpc) is 2.53. The summed E-state index contributed by atoms with van der Waals surface area (Å²) in [4.78, 5) is 16.9. The van der Waals surface area contributed by atoms with Gasteiger partial charge in [-0.3, -0.25) is 4.79 Å². The molecule has 3 nitrogen and oxygen atoms in total. The van der Waals surface area contributed by atoms with E-state index in [1.807, 2.05) is 42.3 Å². The van der Waals surface area contributed by atoms with Gasteiger partial charge in [0, 0.05) is 32.2 Å². The largest absolute Gasteiger partial charge is 0.341 e. The van der Waals surface area contributed by atoms with Gasteiger partial charge in [0.15, 0.2) is 0 Å². The molecule has 1 saturated heterocycles.